The van der Waals surface area contributed by atoms with Gasteiger partial charge in [-0.1, -0.05) is 6.92 Å². The standard InChI is InChI=1S/C9H11N3/c1-3-8-6(2)7(5-10)4-9(11)12-8/h4H,3H2,1-2H3,(H2,11,12). The molecule has 0 fully saturated rings. The molecule has 0 saturated heterocycles. The first-order valence-electron chi connectivity index (χ1n) is 3.85. The summed E-state index contributed by atoms with van der Waals surface area (Å²) in [4.78, 5) is 4.13. The van der Waals surface area contributed by atoms with E-state index in [0.717, 1.165) is 17.7 Å². The third-order valence-corrected chi connectivity index (χ3v) is 1.85. The van der Waals surface area contributed by atoms with Crippen molar-refractivity contribution in [3.8, 4) is 6.07 Å². The average Bonchev–Trinajstić information content (AvgIpc) is 2.08. The third kappa shape index (κ3) is 1.37. The lowest BCUT2D eigenvalue weighted by molar-refractivity contribution is 1.01. The fourth-order valence-corrected chi connectivity index (χ4v) is 1.14. The quantitative estimate of drug-likeness (QED) is 0.677. The Kier molecular flexibility index (Phi) is 2.29. The van der Waals surface area contributed by atoms with Crippen LogP contribution >= 0.6 is 0 Å². The van der Waals surface area contributed by atoms with Gasteiger partial charge < -0.3 is 5.73 Å². The molecule has 1 rings (SSSR count). The molecule has 62 valence electrons. The molecule has 0 saturated carbocycles. The Morgan fingerprint density at radius 3 is 2.83 bits per heavy atom. The summed E-state index contributed by atoms with van der Waals surface area (Å²) in [5, 5.41) is 8.73. The molecule has 0 radical (unpaired) electrons. The smallest absolute Gasteiger partial charge is 0.124 e. The first-order valence-corrected chi connectivity index (χ1v) is 3.85. The number of anilines is 1. The van der Waals surface area contributed by atoms with Crippen LogP contribution < -0.4 is 5.73 Å². The van der Waals surface area contributed by atoms with Crippen molar-refractivity contribution in [2.45, 2.75) is 20.3 Å². The number of nitrogen functional groups attached to an aromatic ring is 1. The molecule has 2 N–H and O–H groups in total. The molecule has 1 aromatic rings. The maximum Gasteiger partial charge on any atom is 0.124 e. The minimum atomic E-state index is 0.425. The number of pyridine rings is 1. The lowest BCUT2D eigenvalue weighted by Crippen LogP contribution is -2.00. The Morgan fingerprint density at radius 2 is 2.33 bits per heavy atom. The number of aryl methyl sites for hydroxylation is 1. The number of nitrogens with zero attached hydrogens (tertiary/aromatic N) is 2. The van der Waals surface area contributed by atoms with Crippen LogP contribution in [0.2, 0.25) is 0 Å². The molecule has 3 heteroatoms. The molecule has 0 bridgehead atoms. The normalized spacial score (nSPS) is 9.42. The lowest BCUT2D eigenvalue weighted by Gasteiger charge is -2.04. The summed E-state index contributed by atoms with van der Waals surface area (Å²) in [7, 11) is 0. The van der Waals surface area contributed by atoms with E-state index in [4.69, 9.17) is 11.0 Å². The van der Waals surface area contributed by atoms with Crippen molar-refractivity contribution < 1.29 is 0 Å². The van der Waals surface area contributed by atoms with E-state index in [0.29, 0.717) is 11.4 Å². The summed E-state index contributed by atoms with van der Waals surface area (Å²) < 4.78 is 0. The van der Waals surface area contributed by atoms with Crippen molar-refractivity contribution in [1.82, 2.24) is 4.98 Å². The van der Waals surface area contributed by atoms with Gasteiger partial charge in [0.1, 0.15) is 5.82 Å². The second-order valence-corrected chi connectivity index (χ2v) is 2.63. The van der Waals surface area contributed by atoms with Gasteiger partial charge in [0.15, 0.2) is 0 Å². The van der Waals surface area contributed by atoms with Crippen LogP contribution in [0, 0.1) is 18.3 Å². The van der Waals surface area contributed by atoms with Crippen LogP contribution in [0.3, 0.4) is 0 Å². The molecule has 1 heterocycles. The van der Waals surface area contributed by atoms with Gasteiger partial charge in [0.2, 0.25) is 0 Å². The summed E-state index contributed by atoms with van der Waals surface area (Å²) in [6.07, 6.45) is 0.811. The van der Waals surface area contributed by atoms with E-state index >= 15 is 0 Å². The van der Waals surface area contributed by atoms with E-state index in [9.17, 15) is 0 Å². The maximum absolute atomic E-state index is 8.73. The number of nitrogens with two attached hydrogens (primary N) is 1. The molecule has 0 aliphatic heterocycles. The van der Waals surface area contributed by atoms with Crippen LogP contribution in [0.4, 0.5) is 5.82 Å². The summed E-state index contributed by atoms with van der Waals surface area (Å²) in [5.41, 5.74) is 7.99. The van der Waals surface area contributed by atoms with E-state index in [2.05, 4.69) is 11.1 Å². The molecular formula is C9H11N3. The molecular weight excluding hydrogens is 150 g/mol. The van der Waals surface area contributed by atoms with Gasteiger partial charge in [0, 0.05) is 5.69 Å². The monoisotopic (exact) mass is 161 g/mol. The number of hydrogen-bond donors (Lipinski definition) is 1. The van der Waals surface area contributed by atoms with Crippen molar-refractivity contribution in [2.24, 2.45) is 0 Å². The Balaban J connectivity index is 3.34. The first kappa shape index (κ1) is 8.54. The predicted molar refractivity (Wildman–Crippen MR) is 47.5 cm³/mol. The van der Waals surface area contributed by atoms with Gasteiger partial charge in [-0.3, -0.25) is 0 Å². The van der Waals surface area contributed by atoms with Crippen LogP contribution in [0.1, 0.15) is 23.7 Å². The summed E-state index contributed by atoms with van der Waals surface area (Å²) in [6.45, 7) is 3.89. The zero-order chi connectivity index (χ0) is 9.14. The van der Waals surface area contributed by atoms with E-state index in [1.807, 2.05) is 13.8 Å². The van der Waals surface area contributed by atoms with Crippen molar-refractivity contribution in [3.63, 3.8) is 0 Å². The highest BCUT2D eigenvalue weighted by atomic mass is 14.8. The van der Waals surface area contributed by atoms with Gasteiger partial charge in [-0.25, -0.2) is 4.98 Å². The molecule has 0 unspecified atom stereocenters. The minimum absolute atomic E-state index is 0.425. The van der Waals surface area contributed by atoms with E-state index in [1.54, 1.807) is 6.07 Å². The predicted octanol–water partition coefficient (Wildman–Crippen LogP) is 1.41. The highest BCUT2D eigenvalue weighted by molar-refractivity contribution is 5.46. The highest BCUT2D eigenvalue weighted by Crippen LogP contribution is 2.14. The molecule has 0 atom stereocenters. The van der Waals surface area contributed by atoms with Gasteiger partial charge in [-0.05, 0) is 25.0 Å². The number of hydrogen-bond acceptors (Lipinski definition) is 3. The summed E-state index contributed by atoms with van der Waals surface area (Å²) >= 11 is 0. The topological polar surface area (TPSA) is 62.7 Å². The van der Waals surface area contributed by atoms with Gasteiger partial charge in [-0.2, -0.15) is 5.26 Å². The van der Waals surface area contributed by atoms with E-state index in [1.165, 1.54) is 0 Å². The summed E-state index contributed by atoms with van der Waals surface area (Å²) in [6, 6.07) is 3.70. The van der Waals surface area contributed by atoms with Crippen molar-refractivity contribution in [2.75, 3.05) is 5.73 Å². The average molecular weight is 161 g/mol. The molecule has 0 spiro atoms. The fraction of sp³-hybridized carbons (Fsp3) is 0.333. The Hall–Kier alpha value is -1.56. The zero-order valence-electron chi connectivity index (χ0n) is 7.26. The third-order valence-electron chi connectivity index (χ3n) is 1.85. The molecule has 3 nitrogen and oxygen atoms in total. The Morgan fingerprint density at radius 1 is 1.67 bits per heavy atom. The van der Waals surface area contributed by atoms with E-state index < -0.39 is 0 Å². The zero-order valence-corrected chi connectivity index (χ0v) is 7.26. The van der Waals surface area contributed by atoms with Gasteiger partial charge in [0.25, 0.3) is 0 Å². The van der Waals surface area contributed by atoms with Crippen LogP contribution in [0.5, 0.6) is 0 Å². The second kappa shape index (κ2) is 3.22. The van der Waals surface area contributed by atoms with Crippen LogP contribution in [0.15, 0.2) is 6.07 Å². The van der Waals surface area contributed by atoms with Crippen LogP contribution in [-0.4, -0.2) is 4.98 Å². The fourth-order valence-electron chi connectivity index (χ4n) is 1.14. The molecule has 1 aromatic heterocycles. The van der Waals surface area contributed by atoms with Gasteiger partial charge in [0.05, 0.1) is 11.6 Å². The Labute approximate surface area is 71.8 Å². The molecule has 0 amide bonds. The first-order chi connectivity index (χ1) is 5.69. The van der Waals surface area contributed by atoms with Gasteiger partial charge >= 0.3 is 0 Å². The Bertz CT molecular complexity index is 336. The van der Waals surface area contributed by atoms with Crippen molar-refractivity contribution in [3.05, 3.63) is 22.9 Å². The minimum Gasteiger partial charge on any atom is -0.384 e. The number of aromatic nitrogens is 1. The molecule has 12 heavy (non-hydrogen) atoms. The largest absolute Gasteiger partial charge is 0.384 e. The maximum atomic E-state index is 8.73. The van der Waals surface area contributed by atoms with Crippen LogP contribution in [-0.2, 0) is 6.42 Å². The lowest BCUT2D eigenvalue weighted by atomic mass is 10.1. The molecule has 0 aromatic carbocycles. The van der Waals surface area contributed by atoms with Crippen molar-refractivity contribution >= 4 is 5.82 Å². The SMILES string of the molecule is CCc1nc(N)cc(C#N)c1C. The van der Waals surface area contributed by atoms with Crippen molar-refractivity contribution in [1.29, 1.82) is 5.26 Å². The molecule has 0 aliphatic carbocycles. The summed E-state index contributed by atoms with van der Waals surface area (Å²) in [5.74, 6) is 0.425. The van der Waals surface area contributed by atoms with Gasteiger partial charge in [-0.15, -0.1) is 0 Å². The number of nitriles is 1. The highest BCUT2D eigenvalue weighted by Gasteiger charge is 2.04. The second-order valence-electron chi connectivity index (χ2n) is 2.63. The molecule has 0 aliphatic rings. The number of rotatable bonds is 1. The van der Waals surface area contributed by atoms with E-state index in [-0.39, 0.29) is 0 Å². The van der Waals surface area contributed by atoms with Crippen LogP contribution in [0.25, 0.3) is 0 Å².